The molecule has 3 aromatic rings. The van der Waals surface area contributed by atoms with E-state index >= 15 is 0 Å². The van der Waals surface area contributed by atoms with Gasteiger partial charge in [-0.2, -0.15) is 4.98 Å². The van der Waals surface area contributed by atoms with E-state index in [4.69, 9.17) is 9.72 Å². The fourth-order valence-corrected chi connectivity index (χ4v) is 4.77. The molecule has 1 aromatic carbocycles. The summed E-state index contributed by atoms with van der Waals surface area (Å²) in [5, 5.41) is 13.4. The van der Waals surface area contributed by atoms with Gasteiger partial charge in [0.15, 0.2) is 0 Å². The van der Waals surface area contributed by atoms with Crippen LogP contribution in [0, 0.1) is 6.92 Å². The molecule has 2 fully saturated rings. The summed E-state index contributed by atoms with van der Waals surface area (Å²) in [7, 11) is 0. The Morgan fingerprint density at radius 1 is 1.24 bits per heavy atom. The average molecular weight is 450 g/mol. The first-order chi connectivity index (χ1) is 16.0. The SMILES string of the molecule is Cc1ccccc1-c1cc2cnc(N[C@H]3CCCN(C(=O)O)C3)nc2n([C@H]2CCOC2)c1=O. The Morgan fingerprint density at radius 2 is 2.09 bits per heavy atom. The van der Waals surface area contributed by atoms with E-state index in [1.54, 1.807) is 10.8 Å². The van der Waals surface area contributed by atoms with Gasteiger partial charge in [0.1, 0.15) is 5.65 Å². The number of nitrogens with zero attached hydrogens (tertiary/aromatic N) is 4. The minimum atomic E-state index is -0.917. The Bertz CT molecular complexity index is 1250. The second-order valence-electron chi connectivity index (χ2n) is 8.75. The van der Waals surface area contributed by atoms with Crippen LogP contribution in [0.4, 0.5) is 10.7 Å². The number of anilines is 1. The number of aryl methyl sites for hydroxylation is 1. The van der Waals surface area contributed by atoms with Crippen LogP contribution in [0.3, 0.4) is 0 Å². The van der Waals surface area contributed by atoms with E-state index in [9.17, 15) is 14.7 Å². The summed E-state index contributed by atoms with van der Waals surface area (Å²) in [6, 6.07) is 9.54. The molecule has 9 nitrogen and oxygen atoms in total. The van der Waals surface area contributed by atoms with E-state index in [-0.39, 0.29) is 17.6 Å². The number of aromatic nitrogens is 3. The number of hydrogen-bond donors (Lipinski definition) is 2. The third-order valence-corrected chi connectivity index (χ3v) is 6.50. The molecule has 5 rings (SSSR count). The molecule has 2 atom stereocenters. The van der Waals surface area contributed by atoms with Gasteiger partial charge in [-0.1, -0.05) is 24.3 Å². The number of ether oxygens (including phenoxy) is 1. The first-order valence-electron chi connectivity index (χ1n) is 11.3. The van der Waals surface area contributed by atoms with E-state index in [1.165, 1.54) is 4.90 Å². The van der Waals surface area contributed by atoms with Crippen molar-refractivity contribution in [2.24, 2.45) is 0 Å². The van der Waals surface area contributed by atoms with Crippen molar-refractivity contribution in [2.45, 2.75) is 38.3 Å². The van der Waals surface area contributed by atoms with Gasteiger partial charge in [0, 0.05) is 42.9 Å². The number of carbonyl (C=O) groups is 1. The van der Waals surface area contributed by atoms with Crippen LogP contribution >= 0.6 is 0 Å². The van der Waals surface area contributed by atoms with Crippen molar-refractivity contribution in [2.75, 3.05) is 31.6 Å². The summed E-state index contributed by atoms with van der Waals surface area (Å²) in [4.78, 5) is 35.7. The predicted molar refractivity (Wildman–Crippen MR) is 125 cm³/mol. The molecule has 2 aliphatic rings. The van der Waals surface area contributed by atoms with E-state index in [0.29, 0.717) is 43.5 Å². The van der Waals surface area contributed by atoms with Gasteiger partial charge in [-0.15, -0.1) is 0 Å². The summed E-state index contributed by atoms with van der Waals surface area (Å²) in [5.74, 6) is 0.399. The van der Waals surface area contributed by atoms with Crippen molar-refractivity contribution in [1.82, 2.24) is 19.4 Å². The maximum absolute atomic E-state index is 13.7. The number of benzene rings is 1. The van der Waals surface area contributed by atoms with Gasteiger partial charge in [-0.3, -0.25) is 9.36 Å². The van der Waals surface area contributed by atoms with E-state index in [0.717, 1.165) is 35.8 Å². The highest BCUT2D eigenvalue weighted by Crippen LogP contribution is 2.27. The van der Waals surface area contributed by atoms with Crippen molar-refractivity contribution in [3.8, 4) is 11.1 Å². The average Bonchev–Trinajstić information content (AvgIpc) is 3.34. The third-order valence-electron chi connectivity index (χ3n) is 6.50. The maximum atomic E-state index is 13.7. The number of amides is 1. The van der Waals surface area contributed by atoms with E-state index in [1.807, 2.05) is 37.3 Å². The lowest BCUT2D eigenvalue weighted by molar-refractivity contribution is 0.132. The first-order valence-corrected chi connectivity index (χ1v) is 11.3. The van der Waals surface area contributed by atoms with E-state index in [2.05, 4.69) is 10.3 Å². The van der Waals surface area contributed by atoms with Gasteiger partial charge in [-0.25, -0.2) is 9.78 Å². The van der Waals surface area contributed by atoms with Crippen LogP contribution < -0.4 is 10.9 Å². The van der Waals surface area contributed by atoms with Crippen LogP contribution in [0.5, 0.6) is 0 Å². The van der Waals surface area contributed by atoms with Crippen molar-refractivity contribution in [1.29, 1.82) is 0 Å². The zero-order chi connectivity index (χ0) is 22.9. The summed E-state index contributed by atoms with van der Waals surface area (Å²) < 4.78 is 7.34. The van der Waals surface area contributed by atoms with Gasteiger partial charge >= 0.3 is 6.09 Å². The molecule has 0 radical (unpaired) electrons. The smallest absolute Gasteiger partial charge is 0.407 e. The number of rotatable bonds is 4. The van der Waals surface area contributed by atoms with Crippen LogP contribution in [0.2, 0.25) is 0 Å². The number of piperidine rings is 1. The largest absolute Gasteiger partial charge is 0.465 e. The van der Waals surface area contributed by atoms with Gasteiger partial charge < -0.3 is 20.1 Å². The molecular weight excluding hydrogens is 422 g/mol. The lowest BCUT2D eigenvalue weighted by atomic mass is 10.0. The Balaban J connectivity index is 1.57. The predicted octanol–water partition coefficient (Wildman–Crippen LogP) is 3.28. The Labute approximate surface area is 191 Å². The number of nitrogens with one attached hydrogen (secondary N) is 1. The lowest BCUT2D eigenvalue weighted by Gasteiger charge is -2.31. The van der Waals surface area contributed by atoms with E-state index < -0.39 is 6.09 Å². The topological polar surface area (TPSA) is 110 Å². The number of carboxylic acid groups (broad SMARTS) is 1. The molecule has 0 saturated carbocycles. The minimum Gasteiger partial charge on any atom is -0.465 e. The monoisotopic (exact) mass is 449 g/mol. The summed E-state index contributed by atoms with van der Waals surface area (Å²) in [5.41, 5.74) is 3.03. The van der Waals surface area contributed by atoms with Crippen molar-refractivity contribution >= 4 is 23.1 Å². The zero-order valence-corrected chi connectivity index (χ0v) is 18.5. The fourth-order valence-electron chi connectivity index (χ4n) is 4.77. The summed E-state index contributed by atoms with van der Waals surface area (Å²) in [6.45, 7) is 3.99. The first kappa shape index (κ1) is 21.4. The molecule has 33 heavy (non-hydrogen) atoms. The van der Waals surface area contributed by atoms with Gasteiger partial charge in [0.05, 0.1) is 12.6 Å². The fraction of sp³-hybridized carbons (Fsp3) is 0.417. The molecule has 0 aliphatic carbocycles. The molecule has 172 valence electrons. The second-order valence-corrected chi connectivity index (χ2v) is 8.75. The summed E-state index contributed by atoms with van der Waals surface area (Å²) in [6.07, 6.45) is 3.17. The van der Waals surface area contributed by atoms with Crippen molar-refractivity contribution in [3.63, 3.8) is 0 Å². The van der Waals surface area contributed by atoms with Crippen LogP contribution in [0.15, 0.2) is 41.3 Å². The highest BCUT2D eigenvalue weighted by molar-refractivity contribution is 5.82. The molecule has 0 bridgehead atoms. The minimum absolute atomic E-state index is 0.0754. The summed E-state index contributed by atoms with van der Waals surface area (Å²) >= 11 is 0. The third kappa shape index (κ3) is 4.16. The number of fused-ring (bicyclic) bond motifs is 1. The van der Waals surface area contributed by atoms with Crippen molar-refractivity contribution < 1.29 is 14.6 Å². The number of pyridine rings is 1. The van der Waals surface area contributed by atoms with Gasteiger partial charge in [-0.05, 0) is 43.4 Å². The van der Waals surface area contributed by atoms with Gasteiger partial charge in [0.25, 0.3) is 5.56 Å². The Morgan fingerprint density at radius 3 is 2.85 bits per heavy atom. The molecule has 1 amide bonds. The molecule has 2 saturated heterocycles. The number of likely N-dealkylation sites (tertiary alicyclic amines) is 1. The highest BCUT2D eigenvalue weighted by Gasteiger charge is 2.26. The quantitative estimate of drug-likeness (QED) is 0.629. The molecule has 0 spiro atoms. The normalized spacial score (nSPS) is 20.8. The molecule has 9 heteroatoms. The highest BCUT2D eigenvalue weighted by atomic mass is 16.5. The zero-order valence-electron chi connectivity index (χ0n) is 18.5. The second kappa shape index (κ2) is 8.82. The van der Waals surface area contributed by atoms with Crippen LogP contribution in [0.1, 0.15) is 30.9 Å². The van der Waals surface area contributed by atoms with Crippen LogP contribution in [0.25, 0.3) is 22.2 Å². The maximum Gasteiger partial charge on any atom is 0.407 e. The molecule has 4 heterocycles. The Kier molecular flexibility index (Phi) is 5.72. The van der Waals surface area contributed by atoms with Gasteiger partial charge in [0.2, 0.25) is 5.95 Å². The number of hydrogen-bond acceptors (Lipinski definition) is 6. The molecule has 2 N–H and O–H groups in total. The van der Waals surface area contributed by atoms with Crippen LogP contribution in [-0.2, 0) is 4.74 Å². The molecule has 0 unspecified atom stereocenters. The molecule has 2 aliphatic heterocycles. The van der Waals surface area contributed by atoms with Crippen LogP contribution in [-0.4, -0.2) is 63.0 Å². The van der Waals surface area contributed by atoms with Crippen molar-refractivity contribution in [3.05, 3.63) is 52.4 Å². The molecule has 2 aromatic heterocycles. The molecular formula is C24H27N5O4. The lowest BCUT2D eigenvalue weighted by Crippen LogP contribution is -2.44. The standard InChI is InChI=1S/C24H27N5O4/c1-15-5-2-3-7-19(15)20-11-16-12-25-23(26-17-6-4-9-28(13-17)24(31)32)27-21(16)29(22(20)30)18-8-10-33-14-18/h2-3,5,7,11-12,17-18H,4,6,8-10,13-14H2,1H3,(H,31,32)(H,25,26,27)/t17-,18-/m0/s1. The Hall–Kier alpha value is -3.46.